The number of rotatable bonds is 4. The van der Waals surface area contributed by atoms with Crippen LogP contribution in [-0.4, -0.2) is 37.3 Å². The van der Waals surface area contributed by atoms with Crippen molar-refractivity contribution < 1.29 is 18.3 Å². The van der Waals surface area contributed by atoms with E-state index in [4.69, 9.17) is 0 Å². The Hall–Kier alpha value is -3.13. The van der Waals surface area contributed by atoms with Crippen LogP contribution in [0.25, 0.3) is 10.9 Å². The Morgan fingerprint density at radius 3 is 2.29 bits per heavy atom. The van der Waals surface area contributed by atoms with Crippen LogP contribution in [-0.2, 0) is 16.4 Å². The maximum absolute atomic E-state index is 13.0. The van der Waals surface area contributed by atoms with Gasteiger partial charge in [-0.25, -0.2) is 8.42 Å². The third-order valence-electron chi connectivity index (χ3n) is 4.63. The highest BCUT2D eigenvalue weighted by Crippen LogP contribution is 2.28. The molecule has 0 aliphatic heterocycles. The largest absolute Gasteiger partial charge is 0.506 e. The lowest BCUT2D eigenvalue weighted by Crippen LogP contribution is -2.34. The third kappa shape index (κ3) is 3.27. The molecular weight excluding hydrogens is 380 g/mol. The zero-order valence-electron chi connectivity index (χ0n) is 15.7. The molecule has 2 aromatic carbocycles. The second-order valence-corrected chi connectivity index (χ2v) is 8.44. The number of anilines is 1. The lowest BCUT2D eigenvalue weighted by Gasteiger charge is -2.20. The Balaban J connectivity index is 2.12. The van der Waals surface area contributed by atoms with E-state index < -0.39 is 21.3 Å². The van der Waals surface area contributed by atoms with E-state index in [1.807, 2.05) is 0 Å². The topological polar surface area (TPSA) is 96.7 Å². The summed E-state index contributed by atoms with van der Waals surface area (Å²) in [4.78, 5) is 27.2. The number of fused-ring (bicyclic) bond motifs is 1. The summed E-state index contributed by atoms with van der Waals surface area (Å²) >= 11 is 0. The van der Waals surface area contributed by atoms with Crippen LogP contribution in [0.4, 0.5) is 5.69 Å². The van der Waals surface area contributed by atoms with Crippen molar-refractivity contribution in [1.29, 1.82) is 0 Å². The Kier molecular flexibility index (Phi) is 4.99. The lowest BCUT2D eigenvalue weighted by molar-refractivity contribution is 0.0988. The molecule has 3 aromatic rings. The lowest BCUT2D eigenvalue weighted by atomic mass is 10.1. The van der Waals surface area contributed by atoms with E-state index >= 15 is 0 Å². The summed E-state index contributed by atoms with van der Waals surface area (Å²) in [6, 6.07) is 12.6. The maximum Gasteiger partial charge on any atom is 0.267 e. The highest BCUT2D eigenvalue weighted by molar-refractivity contribution is 7.90. The minimum absolute atomic E-state index is 0.124. The van der Waals surface area contributed by atoms with Gasteiger partial charge in [0.15, 0.2) is 9.84 Å². The van der Waals surface area contributed by atoms with E-state index in [9.17, 15) is 23.1 Å². The van der Waals surface area contributed by atoms with Gasteiger partial charge < -0.3 is 14.6 Å². The predicted molar refractivity (Wildman–Crippen MR) is 108 cm³/mol. The van der Waals surface area contributed by atoms with Gasteiger partial charge in [-0.1, -0.05) is 12.1 Å². The molecule has 0 radical (unpaired) electrons. The summed E-state index contributed by atoms with van der Waals surface area (Å²) in [5, 5.41) is 11.0. The normalized spacial score (nSPS) is 11.5. The monoisotopic (exact) mass is 400 g/mol. The van der Waals surface area contributed by atoms with Gasteiger partial charge in [0.1, 0.15) is 11.3 Å². The number of hydrogen-bond donors (Lipinski definition) is 1. The summed E-state index contributed by atoms with van der Waals surface area (Å²) in [5.74, 6) is -1.04. The first kappa shape index (κ1) is 19.6. The van der Waals surface area contributed by atoms with Crippen molar-refractivity contribution in [2.75, 3.05) is 18.2 Å². The number of amides is 1. The molecule has 0 saturated carbocycles. The first-order chi connectivity index (χ1) is 13.2. The standard InChI is InChI=1S/C20H20N2O5S/c1-4-22-16-8-6-5-7-15(16)18(23)17(20(22)25)19(24)21(2)13-9-11-14(12-10-13)28(3,26)27/h5-12,23H,4H2,1-3H3. The number of nitrogens with zero attached hydrogens (tertiary/aromatic N) is 2. The molecule has 28 heavy (non-hydrogen) atoms. The third-order valence-corrected chi connectivity index (χ3v) is 5.76. The van der Waals surface area contributed by atoms with E-state index in [0.717, 1.165) is 6.26 Å². The van der Waals surface area contributed by atoms with Gasteiger partial charge in [-0.15, -0.1) is 0 Å². The van der Waals surface area contributed by atoms with Crippen LogP contribution in [0.5, 0.6) is 5.75 Å². The Morgan fingerprint density at radius 1 is 1.11 bits per heavy atom. The van der Waals surface area contributed by atoms with Gasteiger partial charge >= 0.3 is 0 Å². The fourth-order valence-corrected chi connectivity index (χ4v) is 3.73. The van der Waals surface area contributed by atoms with E-state index in [-0.39, 0.29) is 16.2 Å². The molecule has 0 fully saturated rings. The van der Waals surface area contributed by atoms with E-state index in [1.54, 1.807) is 31.2 Å². The summed E-state index contributed by atoms with van der Waals surface area (Å²) in [6.07, 6.45) is 1.09. The minimum Gasteiger partial charge on any atom is -0.506 e. The van der Waals surface area contributed by atoms with E-state index in [2.05, 4.69) is 0 Å². The fourth-order valence-electron chi connectivity index (χ4n) is 3.10. The molecular formula is C20H20N2O5S. The molecule has 0 aliphatic rings. The number of aryl methyl sites for hydroxylation is 1. The van der Waals surface area contributed by atoms with Gasteiger partial charge in [0.2, 0.25) is 0 Å². The molecule has 1 heterocycles. The van der Waals surface area contributed by atoms with Crippen molar-refractivity contribution in [3.63, 3.8) is 0 Å². The van der Waals surface area contributed by atoms with Gasteiger partial charge in [-0.3, -0.25) is 9.59 Å². The number of hydrogen-bond acceptors (Lipinski definition) is 5. The summed E-state index contributed by atoms with van der Waals surface area (Å²) in [7, 11) is -1.90. The molecule has 3 rings (SSSR count). The minimum atomic E-state index is -3.36. The Bertz CT molecular complexity index is 1230. The van der Waals surface area contributed by atoms with Crippen molar-refractivity contribution in [2.45, 2.75) is 18.4 Å². The summed E-state index contributed by atoms with van der Waals surface area (Å²) < 4.78 is 24.6. The number of sulfone groups is 1. The van der Waals surface area contributed by atoms with E-state index in [0.29, 0.717) is 23.1 Å². The van der Waals surface area contributed by atoms with Crippen LogP contribution < -0.4 is 10.5 Å². The Labute approximate surface area is 162 Å². The quantitative estimate of drug-likeness (QED) is 0.725. The highest BCUT2D eigenvalue weighted by Gasteiger charge is 2.25. The Morgan fingerprint density at radius 2 is 1.71 bits per heavy atom. The number of aromatic nitrogens is 1. The second kappa shape index (κ2) is 7.12. The average Bonchev–Trinajstić information content (AvgIpc) is 2.67. The van der Waals surface area contributed by atoms with Crippen LogP contribution in [0.3, 0.4) is 0 Å². The second-order valence-electron chi connectivity index (χ2n) is 6.42. The maximum atomic E-state index is 13.0. The number of aromatic hydroxyl groups is 1. The van der Waals surface area contributed by atoms with Crippen LogP contribution in [0.15, 0.2) is 58.2 Å². The van der Waals surface area contributed by atoms with Crippen LogP contribution in [0.2, 0.25) is 0 Å². The zero-order chi connectivity index (χ0) is 20.6. The number of carbonyl (C=O) groups is 1. The zero-order valence-corrected chi connectivity index (χ0v) is 16.5. The molecule has 0 spiro atoms. The molecule has 1 aromatic heterocycles. The molecule has 1 N–H and O–H groups in total. The molecule has 0 unspecified atom stereocenters. The molecule has 0 atom stereocenters. The highest BCUT2D eigenvalue weighted by atomic mass is 32.2. The van der Waals surface area contributed by atoms with Crippen molar-refractivity contribution in [3.8, 4) is 5.75 Å². The first-order valence-corrected chi connectivity index (χ1v) is 10.5. The summed E-state index contributed by atoms with van der Waals surface area (Å²) in [5.41, 5.74) is 0.0372. The van der Waals surface area contributed by atoms with E-state index in [1.165, 1.54) is 40.8 Å². The van der Waals surface area contributed by atoms with Crippen LogP contribution in [0.1, 0.15) is 17.3 Å². The number of para-hydroxylation sites is 1. The van der Waals surface area contributed by atoms with Crippen molar-refractivity contribution in [1.82, 2.24) is 4.57 Å². The molecule has 7 nitrogen and oxygen atoms in total. The molecule has 1 amide bonds. The van der Waals surface area contributed by atoms with Gasteiger partial charge in [0, 0.05) is 30.9 Å². The van der Waals surface area contributed by atoms with Crippen molar-refractivity contribution in [2.24, 2.45) is 0 Å². The van der Waals surface area contributed by atoms with Gasteiger partial charge in [-0.05, 0) is 43.3 Å². The molecule has 146 valence electrons. The van der Waals surface area contributed by atoms with Gasteiger partial charge in [0.05, 0.1) is 10.4 Å². The van der Waals surface area contributed by atoms with Gasteiger partial charge in [-0.2, -0.15) is 0 Å². The molecule has 0 bridgehead atoms. The number of benzene rings is 2. The SMILES string of the molecule is CCn1c(=O)c(C(=O)N(C)c2ccc(S(C)(=O)=O)cc2)c(O)c2ccccc21. The van der Waals surface area contributed by atoms with Crippen LogP contribution in [0, 0.1) is 0 Å². The first-order valence-electron chi connectivity index (χ1n) is 8.59. The summed E-state index contributed by atoms with van der Waals surface area (Å²) in [6.45, 7) is 2.12. The predicted octanol–water partition coefficient (Wildman–Crippen LogP) is 2.41. The number of pyridine rings is 1. The van der Waals surface area contributed by atoms with Gasteiger partial charge in [0.25, 0.3) is 11.5 Å². The molecule has 0 aliphatic carbocycles. The van der Waals surface area contributed by atoms with Crippen LogP contribution >= 0.6 is 0 Å². The van der Waals surface area contributed by atoms with Crippen molar-refractivity contribution >= 4 is 32.3 Å². The molecule has 0 saturated heterocycles. The number of carbonyl (C=O) groups excluding carboxylic acids is 1. The average molecular weight is 400 g/mol. The fraction of sp³-hybridized carbons (Fsp3) is 0.200. The van der Waals surface area contributed by atoms with Crippen molar-refractivity contribution in [3.05, 3.63) is 64.4 Å². The molecule has 8 heteroatoms. The smallest absolute Gasteiger partial charge is 0.267 e.